The minimum Gasteiger partial charge on any atom is -0.384 e. The number of aromatic nitrogens is 1. The van der Waals surface area contributed by atoms with Gasteiger partial charge in [-0.2, -0.15) is 5.10 Å². The molecule has 35 heavy (non-hydrogen) atoms. The molecule has 1 aliphatic heterocycles. The summed E-state index contributed by atoms with van der Waals surface area (Å²) in [7, 11) is 0. The Morgan fingerprint density at radius 2 is 1.89 bits per heavy atom. The van der Waals surface area contributed by atoms with Crippen LogP contribution in [0.5, 0.6) is 0 Å². The van der Waals surface area contributed by atoms with Crippen molar-refractivity contribution < 1.29 is 0 Å². The van der Waals surface area contributed by atoms with E-state index in [9.17, 15) is 0 Å². The van der Waals surface area contributed by atoms with Crippen molar-refractivity contribution in [3.8, 4) is 0 Å². The Kier molecular flexibility index (Phi) is 10.4. The first-order chi connectivity index (χ1) is 17.1. The zero-order valence-corrected chi connectivity index (χ0v) is 21.5. The van der Waals surface area contributed by atoms with Crippen molar-refractivity contribution in [3.63, 3.8) is 0 Å². The van der Waals surface area contributed by atoms with Crippen LogP contribution < -0.4 is 20.5 Å². The molecule has 0 aliphatic carbocycles. The summed E-state index contributed by atoms with van der Waals surface area (Å²) in [6.45, 7) is 13.5. The number of anilines is 2. The third-order valence-corrected chi connectivity index (χ3v) is 6.21. The Hall–Kier alpha value is -3.54. The van der Waals surface area contributed by atoms with Crippen LogP contribution >= 0.6 is 0 Å². The number of hydrazone groups is 1. The predicted molar refractivity (Wildman–Crippen MR) is 149 cm³/mol. The number of nitrogens with zero attached hydrogens (tertiary/aromatic N) is 4. The summed E-state index contributed by atoms with van der Waals surface area (Å²) < 4.78 is 0. The van der Waals surface area contributed by atoms with E-state index in [0.717, 1.165) is 61.3 Å². The molecule has 0 bridgehead atoms. The zero-order valence-electron chi connectivity index (χ0n) is 21.5. The smallest absolute Gasteiger partial charge is 0.127 e. The Balaban J connectivity index is 1.51. The van der Waals surface area contributed by atoms with Crippen LogP contribution in [0.1, 0.15) is 46.5 Å². The van der Waals surface area contributed by atoms with Gasteiger partial charge >= 0.3 is 0 Å². The molecule has 3 rings (SSSR count). The third-order valence-electron chi connectivity index (χ3n) is 6.21. The molecule has 2 aromatic rings. The summed E-state index contributed by atoms with van der Waals surface area (Å²) in [5, 5.41) is 13.6. The average molecular weight is 473 g/mol. The SMILES string of the molecule is C=C(/C=N/N(/C(=C\C)N/C(C)=C/CC)c1ccccc1)NCCC1CCN(c2ccncc2)CC1. The van der Waals surface area contributed by atoms with Crippen molar-refractivity contribution in [2.45, 2.75) is 46.5 Å². The first-order valence-electron chi connectivity index (χ1n) is 12.7. The van der Waals surface area contributed by atoms with Crippen LogP contribution in [0.4, 0.5) is 11.4 Å². The van der Waals surface area contributed by atoms with Gasteiger partial charge in [0.25, 0.3) is 0 Å². The molecule has 0 spiro atoms. The monoisotopic (exact) mass is 472 g/mol. The van der Waals surface area contributed by atoms with Gasteiger partial charge in [-0.1, -0.05) is 37.8 Å². The molecule has 2 N–H and O–H groups in total. The largest absolute Gasteiger partial charge is 0.384 e. The maximum Gasteiger partial charge on any atom is 0.127 e. The van der Waals surface area contributed by atoms with Gasteiger partial charge in [0.05, 0.1) is 11.9 Å². The van der Waals surface area contributed by atoms with Gasteiger partial charge in [-0.05, 0) is 75.8 Å². The molecule has 1 aliphatic rings. The average Bonchev–Trinajstić information content (AvgIpc) is 2.90. The number of para-hydroxylation sites is 1. The fourth-order valence-corrected chi connectivity index (χ4v) is 4.29. The number of hydrogen-bond donors (Lipinski definition) is 2. The molecule has 1 aromatic heterocycles. The summed E-state index contributed by atoms with van der Waals surface area (Å²) in [5.74, 6) is 1.64. The molecule has 0 unspecified atom stereocenters. The highest BCUT2D eigenvalue weighted by Crippen LogP contribution is 2.24. The fourth-order valence-electron chi connectivity index (χ4n) is 4.29. The summed E-state index contributed by atoms with van der Waals surface area (Å²) in [4.78, 5) is 6.58. The molecule has 1 saturated heterocycles. The van der Waals surface area contributed by atoms with E-state index in [1.807, 2.05) is 54.8 Å². The first kappa shape index (κ1) is 26.1. The first-order valence-corrected chi connectivity index (χ1v) is 12.7. The molecule has 0 amide bonds. The standard InChI is InChI=1S/C29H40N6/c1-5-10-24(3)33-29(6-2)35(28-11-8-7-9-12-28)32-23-25(4)31-20-13-26-16-21-34(22-17-26)27-14-18-30-19-15-27/h6-12,14-15,18-19,23,26,31,33H,4-5,13,16-17,20-22H2,1-3H3/b24-10+,29-6-,32-23+. The second kappa shape index (κ2) is 14.0. The van der Waals surface area contributed by atoms with Crippen molar-refractivity contribution in [3.05, 3.63) is 90.8 Å². The van der Waals surface area contributed by atoms with Crippen molar-refractivity contribution >= 4 is 17.6 Å². The molecule has 0 saturated carbocycles. The fraction of sp³-hybridized carbons (Fsp3) is 0.379. The highest BCUT2D eigenvalue weighted by atomic mass is 15.5. The number of benzene rings is 1. The summed E-state index contributed by atoms with van der Waals surface area (Å²) in [5.41, 5.74) is 4.18. The lowest BCUT2D eigenvalue weighted by molar-refractivity contribution is 0.379. The van der Waals surface area contributed by atoms with Crippen LogP contribution in [0.3, 0.4) is 0 Å². The number of rotatable bonds is 12. The van der Waals surface area contributed by atoms with Crippen LogP contribution in [0, 0.1) is 5.92 Å². The molecular formula is C29H40N6. The minimum absolute atomic E-state index is 0.735. The lowest BCUT2D eigenvalue weighted by Gasteiger charge is -2.33. The van der Waals surface area contributed by atoms with Crippen molar-refractivity contribution in [2.24, 2.45) is 11.0 Å². The van der Waals surface area contributed by atoms with Crippen LogP contribution in [0.25, 0.3) is 0 Å². The van der Waals surface area contributed by atoms with E-state index in [4.69, 9.17) is 5.10 Å². The highest BCUT2D eigenvalue weighted by molar-refractivity contribution is 5.78. The molecule has 0 radical (unpaired) electrons. The van der Waals surface area contributed by atoms with Crippen LogP contribution in [0.15, 0.2) is 95.9 Å². The number of pyridine rings is 1. The van der Waals surface area contributed by atoms with Gasteiger partial charge in [0.15, 0.2) is 0 Å². The highest BCUT2D eigenvalue weighted by Gasteiger charge is 2.19. The number of nitrogens with one attached hydrogen (secondary N) is 2. The number of piperidine rings is 1. The third kappa shape index (κ3) is 8.32. The molecule has 1 fully saturated rings. The van der Waals surface area contributed by atoms with E-state index < -0.39 is 0 Å². The van der Waals surface area contributed by atoms with Gasteiger partial charge < -0.3 is 15.5 Å². The van der Waals surface area contributed by atoms with E-state index in [1.54, 1.807) is 0 Å². The lowest BCUT2D eigenvalue weighted by Crippen LogP contribution is -2.34. The summed E-state index contributed by atoms with van der Waals surface area (Å²) >= 11 is 0. The van der Waals surface area contributed by atoms with E-state index in [-0.39, 0.29) is 0 Å². The van der Waals surface area contributed by atoms with Gasteiger partial charge in [0.2, 0.25) is 0 Å². The molecule has 2 heterocycles. The number of hydrogen-bond acceptors (Lipinski definition) is 6. The minimum atomic E-state index is 0.735. The zero-order chi connectivity index (χ0) is 24.9. The topological polar surface area (TPSA) is 55.8 Å². The van der Waals surface area contributed by atoms with E-state index >= 15 is 0 Å². The molecule has 186 valence electrons. The Morgan fingerprint density at radius 3 is 2.54 bits per heavy atom. The molecule has 6 nitrogen and oxygen atoms in total. The van der Waals surface area contributed by atoms with Gasteiger partial charge in [-0.15, -0.1) is 0 Å². The summed E-state index contributed by atoms with van der Waals surface area (Å²) in [6, 6.07) is 14.4. The Morgan fingerprint density at radius 1 is 1.17 bits per heavy atom. The van der Waals surface area contributed by atoms with Crippen molar-refractivity contribution in [1.29, 1.82) is 0 Å². The van der Waals surface area contributed by atoms with E-state index in [0.29, 0.717) is 0 Å². The maximum absolute atomic E-state index is 4.76. The van der Waals surface area contributed by atoms with Crippen LogP contribution in [-0.2, 0) is 0 Å². The second-order valence-corrected chi connectivity index (χ2v) is 8.86. The number of allylic oxidation sites excluding steroid dienone is 4. The Labute approximate surface area is 211 Å². The van der Waals surface area contributed by atoms with E-state index in [1.165, 1.54) is 18.5 Å². The summed E-state index contributed by atoms with van der Waals surface area (Å²) in [6.07, 6.45) is 14.3. The molecule has 6 heteroatoms. The lowest BCUT2D eigenvalue weighted by atomic mass is 9.93. The normalized spacial score (nSPS) is 15.3. The van der Waals surface area contributed by atoms with Gasteiger partial charge in [-0.25, -0.2) is 5.01 Å². The van der Waals surface area contributed by atoms with Crippen molar-refractivity contribution in [2.75, 3.05) is 29.5 Å². The van der Waals surface area contributed by atoms with E-state index in [2.05, 4.69) is 71.3 Å². The second-order valence-electron chi connectivity index (χ2n) is 8.86. The van der Waals surface area contributed by atoms with Gasteiger partial charge in [-0.3, -0.25) is 4.98 Å². The maximum atomic E-state index is 4.76. The molecular weight excluding hydrogens is 432 g/mol. The Bertz CT molecular complexity index is 988. The van der Waals surface area contributed by atoms with Gasteiger partial charge in [0.1, 0.15) is 5.82 Å². The van der Waals surface area contributed by atoms with Crippen molar-refractivity contribution in [1.82, 2.24) is 15.6 Å². The molecule has 0 atom stereocenters. The molecule has 1 aromatic carbocycles. The van der Waals surface area contributed by atoms with Crippen LogP contribution in [-0.4, -0.2) is 30.8 Å². The predicted octanol–water partition coefficient (Wildman–Crippen LogP) is 6.05. The van der Waals surface area contributed by atoms with Crippen LogP contribution in [0.2, 0.25) is 0 Å². The van der Waals surface area contributed by atoms with Gasteiger partial charge in [0, 0.05) is 49.1 Å². The quantitative estimate of drug-likeness (QED) is 0.291.